The zero-order chi connectivity index (χ0) is 75.6. The molecule has 5 rings (SSSR count). The van der Waals surface area contributed by atoms with E-state index in [9.17, 15) is 54.4 Å². The first kappa shape index (κ1) is 87.0. The highest BCUT2D eigenvalue weighted by molar-refractivity contribution is 6.01. The Hall–Kier alpha value is -4.61. The van der Waals surface area contributed by atoms with Crippen molar-refractivity contribution in [1.29, 1.82) is 0 Å². The van der Waals surface area contributed by atoms with E-state index in [2.05, 4.69) is 0 Å². The molecule has 0 saturated carbocycles. The summed E-state index contributed by atoms with van der Waals surface area (Å²) in [5.74, 6) is -3.49. The molecule has 0 amide bonds. The van der Waals surface area contributed by atoms with Gasteiger partial charge in [-0.3, -0.25) is 24.0 Å². The summed E-state index contributed by atoms with van der Waals surface area (Å²) in [6, 6.07) is 4.21. The van der Waals surface area contributed by atoms with Crippen LogP contribution in [0.1, 0.15) is 368 Å². The van der Waals surface area contributed by atoms with Crippen molar-refractivity contribution in [3.8, 4) is 0 Å². The second-order valence-electron chi connectivity index (χ2n) is 35.6. The molecule has 4 N–H and O–H groups in total. The number of ether oxygens (including phenoxy) is 6. The summed E-state index contributed by atoms with van der Waals surface area (Å²) < 4.78 is 36.7. The highest BCUT2D eigenvalue weighted by atomic mass is 16.6. The van der Waals surface area contributed by atoms with Gasteiger partial charge in [0.15, 0.2) is 10.8 Å². The van der Waals surface area contributed by atoms with Crippen molar-refractivity contribution in [3.63, 3.8) is 0 Å². The zero-order valence-corrected chi connectivity index (χ0v) is 65.8. The molecule has 0 aromatic heterocycles. The first-order valence-electron chi connectivity index (χ1n) is 38.7. The summed E-state index contributed by atoms with van der Waals surface area (Å²) in [4.78, 5) is 97.3. The predicted molar refractivity (Wildman–Crippen MR) is 388 cm³/mol. The fourth-order valence-corrected chi connectivity index (χ4v) is 17.1. The van der Waals surface area contributed by atoms with E-state index in [0.29, 0.717) is 115 Å². The van der Waals surface area contributed by atoms with Crippen LogP contribution in [0.5, 0.6) is 0 Å². The first-order chi connectivity index (χ1) is 47.0. The summed E-state index contributed by atoms with van der Waals surface area (Å²) in [5.41, 5.74) is -7.95. The molecule has 101 heavy (non-hydrogen) atoms. The Kier molecular flexibility index (Phi) is 32.0. The summed E-state index contributed by atoms with van der Waals surface area (Å²) in [7, 11) is 0. The Morgan fingerprint density at radius 2 is 0.564 bits per heavy atom. The Morgan fingerprint density at radius 3 is 0.782 bits per heavy atom. The molecular formula is C80H136N4O17. The van der Waals surface area contributed by atoms with Crippen LogP contribution in [0, 0.1) is 10.8 Å². The highest BCUT2D eigenvalue weighted by Crippen LogP contribution is 2.47. The average molecular weight is 1430 g/mol. The maximum absolute atomic E-state index is 14.7. The van der Waals surface area contributed by atoms with Gasteiger partial charge in [0.2, 0.25) is 0 Å². The topological polar surface area (TPSA) is 269 Å². The van der Waals surface area contributed by atoms with Crippen LogP contribution in [0.15, 0.2) is 18.2 Å². The van der Waals surface area contributed by atoms with Gasteiger partial charge >= 0.3 is 35.8 Å². The van der Waals surface area contributed by atoms with Crippen LogP contribution >= 0.6 is 0 Å². The molecule has 0 atom stereocenters. The smallest absolute Gasteiger partial charge is 0.338 e. The summed E-state index contributed by atoms with van der Waals surface area (Å²) >= 11 is 0. The summed E-state index contributed by atoms with van der Waals surface area (Å²) in [5, 5.41) is 49.4. The molecule has 0 aliphatic carbocycles. The number of unbranched alkanes of at least 4 members (excludes halogenated alkanes) is 17. The van der Waals surface area contributed by atoms with Gasteiger partial charge in [0.1, 0.15) is 30.7 Å². The SMILES string of the molecule is CCCCC(CCCCCCCCCCCOC(=O)c1cc(C=O)cc(C(=O)OCCCCCCCCCCC(CCCC)(C(=O)OC2CC(C)(C)N(O)C(C)(C)C2)C(=O)OC2CC(C)(C)N(O)C(C)(C)C2)c1)(C(=O)OC1CC(C)(C)N(O)C(C)(C)C1)C(=O)OC1CC(C)(C)N(O)C(C)(C)C1. The second-order valence-corrected chi connectivity index (χ2v) is 35.6. The quantitative estimate of drug-likeness (QED) is 0.0156. The van der Waals surface area contributed by atoms with E-state index < -0.39 is 115 Å². The number of aldehydes is 1. The minimum absolute atomic E-state index is 0.0928. The number of carbonyl (C=O) groups excluding carboxylic acids is 7. The maximum Gasteiger partial charge on any atom is 0.338 e. The van der Waals surface area contributed by atoms with Crippen LogP contribution < -0.4 is 0 Å². The zero-order valence-electron chi connectivity index (χ0n) is 65.8. The Bertz CT molecular complexity index is 2680. The lowest BCUT2D eigenvalue weighted by Gasteiger charge is -2.51. The number of piperidine rings is 4. The molecule has 0 spiro atoms. The van der Waals surface area contributed by atoms with Gasteiger partial charge in [-0.15, -0.1) is 0 Å². The molecule has 0 unspecified atom stereocenters. The molecule has 4 heterocycles. The monoisotopic (exact) mass is 1420 g/mol. The second kappa shape index (κ2) is 37.1. The van der Waals surface area contributed by atoms with E-state index in [4.69, 9.17) is 28.4 Å². The van der Waals surface area contributed by atoms with E-state index >= 15 is 0 Å². The van der Waals surface area contributed by atoms with E-state index in [1.807, 2.05) is 125 Å². The van der Waals surface area contributed by atoms with Crippen molar-refractivity contribution < 1.29 is 82.8 Å². The van der Waals surface area contributed by atoms with Gasteiger partial charge in [-0.25, -0.2) is 9.59 Å². The molecule has 4 fully saturated rings. The van der Waals surface area contributed by atoms with Gasteiger partial charge < -0.3 is 49.3 Å². The minimum atomic E-state index is -1.51. The largest absolute Gasteiger partial charge is 0.462 e. The van der Waals surface area contributed by atoms with Crippen molar-refractivity contribution in [2.75, 3.05) is 13.2 Å². The van der Waals surface area contributed by atoms with Gasteiger partial charge in [0.25, 0.3) is 0 Å². The number of carbonyl (C=O) groups is 7. The van der Waals surface area contributed by atoms with Crippen molar-refractivity contribution in [1.82, 2.24) is 20.3 Å². The molecular weight excluding hydrogens is 1290 g/mol. The van der Waals surface area contributed by atoms with Gasteiger partial charge in [0, 0.05) is 101 Å². The number of rotatable bonds is 40. The highest BCUT2D eigenvalue weighted by Gasteiger charge is 2.56. The average Bonchev–Trinajstić information content (AvgIpc) is 0.781. The standard InChI is InChI=1S/C80H136N4O17/c1-19-21-40-79(67(88)98-61-49-71(3,4)81(92)72(5,6)50-61,68(89)99-62-51-73(7,8)82(93)74(9,10)52-62)42-36-32-28-24-23-26-30-34-38-44-96-65(86)59-46-58(57-85)47-60(48-59)66(87)97-45-39-35-31-27-25-29-33-37-43-80(41-22-20-2,69(90)100-63-53-75(11,12)83(94)76(13,14)54-63)70(91)101-64-55-77(15,16)84(95)78(17,18)56-64/h46-48,57,61-64,92-95H,19-45,49-56H2,1-18H3. The molecule has 0 bridgehead atoms. The minimum Gasteiger partial charge on any atom is -0.462 e. The molecule has 21 nitrogen and oxygen atoms in total. The molecule has 1 aromatic rings. The molecule has 4 aliphatic heterocycles. The van der Waals surface area contributed by atoms with Gasteiger partial charge in [-0.2, -0.15) is 20.3 Å². The molecule has 0 radical (unpaired) electrons. The van der Waals surface area contributed by atoms with E-state index in [0.717, 1.165) is 96.3 Å². The fourth-order valence-electron chi connectivity index (χ4n) is 17.1. The summed E-state index contributed by atoms with van der Waals surface area (Å²) in [6.07, 6.45) is 20.1. The third-order valence-electron chi connectivity index (χ3n) is 22.3. The van der Waals surface area contributed by atoms with Crippen molar-refractivity contribution in [2.24, 2.45) is 10.8 Å². The summed E-state index contributed by atoms with van der Waals surface area (Å²) in [6.45, 7) is 35.1. The van der Waals surface area contributed by atoms with E-state index in [1.165, 1.54) is 38.5 Å². The van der Waals surface area contributed by atoms with Gasteiger partial charge in [-0.05, 0) is 168 Å². The van der Waals surface area contributed by atoms with E-state index in [-0.39, 0.29) is 36.3 Å². The van der Waals surface area contributed by atoms with E-state index in [1.54, 1.807) is 0 Å². The first-order valence-corrected chi connectivity index (χ1v) is 38.7. The molecule has 4 saturated heterocycles. The number of benzene rings is 1. The van der Waals surface area contributed by atoms with Crippen molar-refractivity contribution >= 4 is 42.1 Å². The number of hydrogen-bond donors (Lipinski definition) is 4. The van der Waals surface area contributed by atoms with Crippen LogP contribution in [-0.4, -0.2) is 165 Å². The predicted octanol–water partition coefficient (Wildman–Crippen LogP) is 17.4. The normalized spacial score (nSPS) is 21.1. The number of nitrogens with zero attached hydrogens (tertiary/aromatic N) is 4. The maximum atomic E-state index is 14.7. The number of hydroxylamine groups is 8. The van der Waals surface area contributed by atoms with Crippen LogP contribution in [0.3, 0.4) is 0 Å². The van der Waals surface area contributed by atoms with Crippen LogP contribution in [0.4, 0.5) is 0 Å². The lowest BCUT2D eigenvalue weighted by molar-refractivity contribution is -0.263. The van der Waals surface area contributed by atoms with Gasteiger partial charge in [-0.1, -0.05) is 136 Å². The molecule has 21 heteroatoms. The number of esters is 6. The third kappa shape index (κ3) is 23.9. The molecule has 4 aliphatic rings. The van der Waals surface area contributed by atoms with Crippen LogP contribution in [0.25, 0.3) is 0 Å². The van der Waals surface area contributed by atoms with Crippen LogP contribution in [-0.2, 0) is 47.6 Å². The Balaban J connectivity index is 1.02. The van der Waals surface area contributed by atoms with Gasteiger partial charge in [0.05, 0.1) is 24.3 Å². The number of hydrogen-bond acceptors (Lipinski definition) is 21. The molecule has 1 aromatic carbocycles. The van der Waals surface area contributed by atoms with Crippen molar-refractivity contribution in [2.45, 2.75) is 405 Å². The fraction of sp³-hybridized carbons (Fsp3) is 0.838. The molecule has 578 valence electrons. The van der Waals surface area contributed by atoms with Crippen molar-refractivity contribution in [3.05, 3.63) is 34.9 Å². The van der Waals surface area contributed by atoms with Crippen LogP contribution in [0.2, 0.25) is 0 Å². The Labute approximate surface area is 606 Å². The lowest BCUT2D eigenvalue weighted by Crippen LogP contribution is -2.61. The Morgan fingerprint density at radius 1 is 0.356 bits per heavy atom. The lowest BCUT2D eigenvalue weighted by atomic mass is 9.76. The third-order valence-corrected chi connectivity index (χ3v) is 22.3.